The fourth-order valence-electron chi connectivity index (χ4n) is 2.38. The lowest BCUT2D eigenvalue weighted by atomic mass is 10.1. The van der Waals surface area contributed by atoms with Crippen LogP contribution < -0.4 is 15.8 Å². The van der Waals surface area contributed by atoms with Crippen LogP contribution >= 0.6 is 0 Å². The van der Waals surface area contributed by atoms with Crippen molar-refractivity contribution in [1.82, 2.24) is 14.7 Å². The van der Waals surface area contributed by atoms with Crippen LogP contribution in [0.25, 0.3) is 16.8 Å². The smallest absolute Gasteiger partial charge is 0.312 e. The quantitative estimate of drug-likeness (QED) is 0.725. The molecule has 2 aromatic heterocycles. The second-order valence-electron chi connectivity index (χ2n) is 5.01. The molecule has 0 aliphatic carbocycles. The van der Waals surface area contributed by atoms with Crippen LogP contribution in [0.3, 0.4) is 0 Å². The van der Waals surface area contributed by atoms with Crippen LogP contribution in [0.1, 0.15) is 5.69 Å². The summed E-state index contributed by atoms with van der Waals surface area (Å²) < 4.78 is 7.32. The highest BCUT2D eigenvalue weighted by Gasteiger charge is 2.10. The van der Waals surface area contributed by atoms with E-state index < -0.39 is 6.03 Å². The van der Waals surface area contributed by atoms with Crippen molar-refractivity contribution in [3.8, 4) is 28.8 Å². The Bertz CT molecular complexity index is 936. The Morgan fingerprint density at radius 2 is 2.08 bits per heavy atom. The van der Waals surface area contributed by atoms with Crippen LogP contribution in [0.15, 0.2) is 48.7 Å². The molecule has 6 heteroatoms. The number of nitrogens with two attached hydrogens (primary N) is 1. The van der Waals surface area contributed by atoms with Gasteiger partial charge in [-0.25, -0.2) is 9.78 Å². The average molecular weight is 320 g/mol. The molecule has 3 N–H and O–H groups in total. The van der Waals surface area contributed by atoms with Crippen molar-refractivity contribution in [3.63, 3.8) is 0 Å². The fourth-order valence-corrected chi connectivity index (χ4v) is 2.38. The molecule has 0 atom stereocenters. The van der Waals surface area contributed by atoms with E-state index in [9.17, 15) is 4.79 Å². The first-order valence-electron chi connectivity index (χ1n) is 7.32. The first kappa shape index (κ1) is 15.4. The van der Waals surface area contributed by atoms with E-state index in [1.165, 1.54) is 0 Å². The molecule has 1 aromatic carbocycles. The molecule has 0 unspecified atom stereocenters. The Hall–Kier alpha value is -3.46. The Kier molecular flexibility index (Phi) is 4.34. The lowest BCUT2D eigenvalue weighted by Crippen LogP contribution is -2.29. The number of hydrogen-bond acceptors (Lipinski definition) is 3. The number of amides is 2. The van der Waals surface area contributed by atoms with Crippen LogP contribution in [0.2, 0.25) is 0 Å². The van der Waals surface area contributed by atoms with Gasteiger partial charge in [-0.1, -0.05) is 36.3 Å². The molecule has 2 amide bonds. The standard InChI is InChI=1S/C18H16N4O2/c1-24-17-11-14(13-6-3-2-4-7-13)10-16-21-12-15(22(16)17)8-5-9-20-18(19)23/h2-4,6-7,10-12H,9H2,1H3,(H3,19,20,23). The zero-order chi connectivity index (χ0) is 16.9. The number of urea groups is 1. The number of nitrogens with one attached hydrogen (secondary N) is 1. The Balaban J connectivity index is 2.01. The van der Waals surface area contributed by atoms with E-state index in [0.29, 0.717) is 11.6 Å². The van der Waals surface area contributed by atoms with Crippen LogP contribution in [0, 0.1) is 11.8 Å². The van der Waals surface area contributed by atoms with Gasteiger partial charge in [0.05, 0.1) is 19.9 Å². The number of nitrogens with zero attached hydrogens (tertiary/aromatic N) is 2. The SMILES string of the molecule is COc1cc(-c2ccccc2)cc2ncc(C#CCNC(N)=O)n12. The minimum Gasteiger partial charge on any atom is -0.482 e. The number of fused-ring (bicyclic) bond motifs is 1. The van der Waals surface area contributed by atoms with Crippen molar-refractivity contribution >= 4 is 11.7 Å². The highest BCUT2D eigenvalue weighted by molar-refractivity contribution is 5.72. The molecule has 0 bridgehead atoms. The first-order valence-corrected chi connectivity index (χ1v) is 7.32. The number of hydrogen-bond donors (Lipinski definition) is 2. The Labute approximate surface area is 139 Å². The van der Waals surface area contributed by atoms with Crippen molar-refractivity contribution < 1.29 is 9.53 Å². The number of primary amides is 1. The number of ether oxygens (including phenoxy) is 1. The van der Waals surface area contributed by atoms with E-state index >= 15 is 0 Å². The number of imidazole rings is 1. The van der Waals surface area contributed by atoms with E-state index in [2.05, 4.69) is 22.1 Å². The van der Waals surface area contributed by atoms with Gasteiger partial charge in [0.2, 0.25) is 5.88 Å². The van der Waals surface area contributed by atoms with Crippen LogP contribution in [-0.2, 0) is 0 Å². The van der Waals surface area contributed by atoms with Gasteiger partial charge in [-0.15, -0.1) is 0 Å². The van der Waals surface area contributed by atoms with Gasteiger partial charge in [0.15, 0.2) is 0 Å². The average Bonchev–Trinajstić information content (AvgIpc) is 3.01. The normalized spacial score (nSPS) is 10.0. The van der Waals surface area contributed by atoms with Crippen molar-refractivity contribution in [2.45, 2.75) is 0 Å². The summed E-state index contributed by atoms with van der Waals surface area (Å²) in [7, 11) is 1.61. The molecule has 24 heavy (non-hydrogen) atoms. The summed E-state index contributed by atoms with van der Waals surface area (Å²) in [5.41, 5.74) is 8.51. The third-order valence-corrected chi connectivity index (χ3v) is 3.46. The van der Waals surface area contributed by atoms with Crippen molar-refractivity contribution in [3.05, 3.63) is 54.4 Å². The number of carbonyl (C=O) groups is 1. The van der Waals surface area contributed by atoms with Gasteiger partial charge in [0, 0.05) is 6.07 Å². The van der Waals surface area contributed by atoms with Crippen molar-refractivity contribution in [2.24, 2.45) is 5.73 Å². The molecule has 2 heterocycles. The van der Waals surface area contributed by atoms with Crippen LogP contribution in [0.4, 0.5) is 4.79 Å². The molecule has 0 saturated carbocycles. The molecule has 0 saturated heterocycles. The third kappa shape index (κ3) is 3.15. The van der Waals surface area contributed by atoms with E-state index in [-0.39, 0.29) is 6.54 Å². The van der Waals surface area contributed by atoms with Gasteiger partial charge in [-0.2, -0.15) is 0 Å². The van der Waals surface area contributed by atoms with Crippen LogP contribution in [0.5, 0.6) is 5.88 Å². The maximum Gasteiger partial charge on any atom is 0.312 e. The lowest BCUT2D eigenvalue weighted by molar-refractivity contribution is 0.250. The van der Waals surface area contributed by atoms with Gasteiger partial charge >= 0.3 is 6.03 Å². The van der Waals surface area contributed by atoms with Crippen molar-refractivity contribution in [2.75, 3.05) is 13.7 Å². The summed E-state index contributed by atoms with van der Waals surface area (Å²) in [5.74, 6) is 6.42. The summed E-state index contributed by atoms with van der Waals surface area (Å²) in [5, 5.41) is 2.42. The van der Waals surface area contributed by atoms with Gasteiger partial charge in [-0.3, -0.25) is 4.40 Å². The minimum atomic E-state index is -0.604. The number of rotatable bonds is 3. The molecule has 0 aliphatic rings. The maximum absolute atomic E-state index is 10.7. The first-order chi connectivity index (χ1) is 11.7. The predicted molar refractivity (Wildman–Crippen MR) is 91.6 cm³/mol. The lowest BCUT2D eigenvalue weighted by Gasteiger charge is -2.09. The number of benzene rings is 1. The van der Waals surface area contributed by atoms with Gasteiger partial charge in [0.25, 0.3) is 0 Å². The summed E-state index contributed by atoms with van der Waals surface area (Å²) in [4.78, 5) is 15.0. The summed E-state index contributed by atoms with van der Waals surface area (Å²) in [6, 6.07) is 13.3. The Morgan fingerprint density at radius 1 is 1.29 bits per heavy atom. The summed E-state index contributed by atoms with van der Waals surface area (Å²) in [6.45, 7) is 0.174. The van der Waals surface area contributed by atoms with E-state index in [1.807, 2.05) is 46.9 Å². The second-order valence-corrected chi connectivity index (χ2v) is 5.01. The molecule has 120 valence electrons. The van der Waals surface area contributed by atoms with E-state index in [1.54, 1.807) is 13.3 Å². The molecule has 3 aromatic rings. The van der Waals surface area contributed by atoms with Gasteiger partial charge in [-0.05, 0) is 23.1 Å². The largest absolute Gasteiger partial charge is 0.482 e. The van der Waals surface area contributed by atoms with E-state index in [4.69, 9.17) is 10.5 Å². The molecular formula is C18H16N4O2. The number of methoxy groups -OCH3 is 1. The maximum atomic E-state index is 10.7. The zero-order valence-electron chi connectivity index (χ0n) is 13.1. The zero-order valence-corrected chi connectivity index (χ0v) is 13.1. The molecular weight excluding hydrogens is 304 g/mol. The predicted octanol–water partition coefficient (Wildman–Crippen LogP) is 2.03. The molecule has 0 fully saturated rings. The monoisotopic (exact) mass is 320 g/mol. The van der Waals surface area contributed by atoms with Gasteiger partial charge in [0.1, 0.15) is 11.3 Å². The second kappa shape index (κ2) is 6.75. The Morgan fingerprint density at radius 3 is 2.79 bits per heavy atom. The fraction of sp³-hybridized carbons (Fsp3) is 0.111. The van der Waals surface area contributed by atoms with Gasteiger partial charge < -0.3 is 15.8 Å². The highest BCUT2D eigenvalue weighted by Crippen LogP contribution is 2.27. The molecule has 0 aliphatic heterocycles. The molecule has 0 radical (unpaired) electrons. The third-order valence-electron chi connectivity index (χ3n) is 3.46. The van der Waals surface area contributed by atoms with Crippen LogP contribution in [-0.4, -0.2) is 29.1 Å². The summed E-state index contributed by atoms with van der Waals surface area (Å²) in [6.07, 6.45) is 1.67. The molecule has 0 spiro atoms. The number of aromatic nitrogens is 2. The minimum absolute atomic E-state index is 0.174. The highest BCUT2D eigenvalue weighted by atomic mass is 16.5. The molecule has 6 nitrogen and oxygen atoms in total. The summed E-state index contributed by atoms with van der Waals surface area (Å²) >= 11 is 0. The number of pyridine rings is 1. The van der Waals surface area contributed by atoms with Crippen molar-refractivity contribution in [1.29, 1.82) is 0 Å². The number of carbonyl (C=O) groups excluding carboxylic acids is 1. The van der Waals surface area contributed by atoms with E-state index in [0.717, 1.165) is 16.8 Å². The molecule has 3 rings (SSSR count). The topological polar surface area (TPSA) is 81.7 Å².